The van der Waals surface area contributed by atoms with E-state index in [1.54, 1.807) is 49.9 Å². The van der Waals surface area contributed by atoms with Gasteiger partial charge in [-0.15, -0.1) is 0 Å². The van der Waals surface area contributed by atoms with Crippen molar-refractivity contribution in [1.29, 1.82) is 0 Å². The molecule has 0 radical (unpaired) electrons. The van der Waals surface area contributed by atoms with Crippen molar-refractivity contribution in [3.05, 3.63) is 29.8 Å². The first kappa shape index (κ1) is 23.2. The smallest absolute Gasteiger partial charge is 0.407 e. The van der Waals surface area contributed by atoms with Gasteiger partial charge in [0.15, 0.2) is 0 Å². The molecule has 0 spiro atoms. The maximum atomic E-state index is 12.5. The number of alkyl carbamates (subject to hydrolysis) is 1. The molecule has 1 aliphatic rings. The van der Waals surface area contributed by atoms with Crippen LogP contribution in [0.4, 0.5) is 4.79 Å². The Morgan fingerprint density at radius 2 is 1.72 bits per heavy atom. The molecule has 1 heterocycles. The quantitative estimate of drug-likeness (QED) is 0.727. The van der Waals surface area contributed by atoms with Crippen LogP contribution in [0.5, 0.6) is 0 Å². The number of nitrogens with zero attached hydrogens (tertiary/aromatic N) is 1. The van der Waals surface area contributed by atoms with Crippen LogP contribution in [0.1, 0.15) is 45.6 Å². The Balaban J connectivity index is 1.75. The van der Waals surface area contributed by atoms with Crippen molar-refractivity contribution in [2.75, 3.05) is 19.6 Å². The highest BCUT2D eigenvalue weighted by atomic mass is 32.2. The molecular weight excluding hydrogens is 394 g/mol. The zero-order valence-corrected chi connectivity index (χ0v) is 18.3. The lowest BCUT2D eigenvalue weighted by atomic mass is 10.1. The van der Waals surface area contributed by atoms with E-state index in [4.69, 9.17) is 4.74 Å². The number of sulfonamides is 1. The minimum absolute atomic E-state index is 0.0686. The van der Waals surface area contributed by atoms with Gasteiger partial charge in [0.25, 0.3) is 0 Å². The number of carbonyl (C=O) groups excluding carboxylic acids is 2. The SMILES string of the molecule is Cc1ccc(S(=O)(=O)NC2CCN(C(=O)CCNC(=O)OC(C)(C)C)CC2)cc1. The highest BCUT2D eigenvalue weighted by Crippen LogP contribution is 2.16. The van der Waals surface area contributed by atoms with E-state index in [2.05, 4.69) is 10.0 Å². The van der Waals surface area contributed by atoms with Crippen LogP contribution in [0.25, 0.3) is 0 Å². The lowest BCUT2D eigenvalue weighted by Gasteiger charge is -2.32. The van der Waals surface area contributed by atoms with Gasteiger partial charge in [-0.2, -0.15) is 0 Å². The van der Waals surface area contributed by atoms with E-state index >= 15 is 0 Å². The van der Waals surface area contributed by atoms with E-state index in [0.29, 0.717) is 25.9 Å². The molecule has 1 saturated heterocycles. The summed E-state index contributed by atoms with van der Waals surface area (Å²) in [6.45, 7) is 8.38. The average Bonchev–Trinajstić information content (AvgIpc) is 2.60. The van der Waals surface area contributed by atoms with Gasteiger partial charge < -0.3 is 15.0 Å². The second kappa shape index (κ2) is 9.58. The second-order valence-corrected chi connectivity index (χ2v) is 9.98. The fourth-order valence-corrected chi connectivity index (χ4v) is 4.30. The molecule has 162 valence electrons. The molecule has 29 heavy (non-hydrogen) atoms. The predicted octanol–water partition coefficient (Wildman–Crippen LogP) is 2.18. The van der Waals surface area contributed by atoms with E-state index in [9.17, 15) is 18.0 Å². The number of ether oxygens (including phenoxy) is 1. The molecule has 0 atom stereocenters. The molecular formula is C20H31N3O5S. The fraction of sp³-hybridized carbons (Fsp3) is 0.600. The van der Waals surface area contributed by atoms with Gasteiger partial charge in [-0.1, -0.05) is 17.7 Å². The van der Waals surface area contributed by atoms with Crippen molar-refractivity contribution in [2.24, 2.45) is 0 Å². The maximum absolute atomic E-state index is 12.5. The minimum Gasteiger partial charge on any atom is -0.444 e. The molecule has 1 aromatic carbocycles. The van der Waals surface area contributed by atoms with Gasteiger partial charge in [-0.05, 0) is 52.7 Å². The second-order valence-electron chi connectivity index (χ2n) is 8.27. The first-order valence-corrected chi connectivity index (χ1v) is 11.3. The number of hydrogen-bond donors (Lipinski definition) is 2. The molecule has 0 aromatic heterocycles. The number of piperidine rings is 1. The first-order valence-electron chi connectivity index (χ1n) is 9.80. The van der Waals surface area contributed by atoms with Gasteiger partial charge in [0.2, 0.25) is 15.9 Å². The molecule has 1 aromatic rings. The number of nitrogens with one attached hydrogen (secondary N) is 2. The van der Waals surface area contributed by atoms with Crippen molar-refractivity contribution < 1.29 is 22.7 Å². The highest BCUT2D eigenvalue weighted by molar-refractivity contribution is 7.89. The van der Waals surface area contributed by atoms with Gasteiger partial charge in [0, 0.05) is 32.1 Å². The Kier molecular flexibility index (Phi) is 7.65. The molecule has 0 unspecified atom stereocenters. The summed E-state index contributed by atoms with van der Waals surface area (Å²) in [5, 5.41) is 2.57. The third-order valence-electron chi connectivity index (χ3n) is 4.51. The summed E-state index contributed by atoms with van der Waals surface area (Å²) in [6.07, 6.45) is 0.737. The van der Waals surface area contributed by atoms with Crippen LogP contribution in [0, 0.1) is 6.92 Å². The fourth-order valence-electron chi connectivity index (χ4n) is 3.00. The van der Waals surface area contributed by atoms with E-state index < -0.39 is 21.7 Å². The van der Waals surface area contributed by atoms with Crippen molar-refractivity contribution in [2.45, 2.75) is 63.5 Å². The molecule has 2 amide bonds. The van der Waals surface area contributed by atoms with Crippen molar-refractivity contribution in [3.8, 4) is 0 Å². The summed E-state index contributed by atoms with van der Waals surface area (Å²) in [7, 11) is -3.57. The average molecular weight is 426 g/mol. The molecule has 1 fully saturated rings. The number of hydrogen-bond acceptors (Lipinski definition) is 5. The van der Waals surface area contributed by atoms with Crippen LogP contribution in [0.2, 0.25) is 0 Å². The van der Waals surface area contributed by atoms with E-state index in [-0.39, 0.29) is 29.8 Å². The molecule has 0 aliphatic carbocycles. The molecule has 1 aliphatic heterocycles. The summed E-state index contributed by atoms with van der Waals surface area (Å²) in [5.74, 6) is -0.0686. The van der Waals surface area contributed by atoms with Crippen LogP contribution in [-0.2, 0) is 19.6 Å². The largest absolute Gasteiger partial charge is 0.444 e. The number of likely N-dealkylation sites (tertiary alicyclic amines) is 1. The summed E-state index contributed by atoms with van der Waals surface area (Å²) in [4.78, 5) is 25.9. The predicted molar refractivity (Wildman–Crippen MR) is 110 cm³/mol. The maximum Gasteiger partial charge on any atom is 0.407 e. The van der Waals surface area contributed by atoms with E-state index in [1.165, 1.54) is 0 Å². The Hall–Kier alpha value is -2.13. The Bertz CT molecular complexity index is 808. The van der Waals surface area contributed by atoms with Crippen LogP contribution in [0.3, 0.4) is 0 Å². The first-order chi connectivity index (χ1) is 13.5. The molecule has 2 N–H and O–H groups in total. The number of benzene rings is 1. The Morgan fingerprint density at radius 1 is 1.14 bits per heavy atom. The molecule has 0 bridgehead atoms. The summed E-state index contributed by atoms with van der Waals surface area (Å²) >= 11 is 0. The molecule has 0 saturated carbocycles. The van der Waals surface area contributed by atoms with Crippen molar-refractivity contribution in [1.82, 2.24) is 14.9 Å². The number of aryl methyl sites for hydroxylation is 1. The van der Waals surface area contributed by atoms with Gasteiger partial charge in [0.1, 0.15) is 5.60 Å². The monoisotopic (exact) mass is 425 g/mol. The molecule has 8 nitrogen and oxygen atoms in total. The van der Waals surface area contributed by atoms with Gasteiger partial charge in [0.05, 0.1) is 4.90 Å². The van der Waals surface area contributed by atoms with Crippen LogP contribution >= 0.6 is 0 Å². The normalized spacial score (nSPS) is 15.8. The Morgan fingerprint density at radius 3 is 2.28 bits per heavy atom. The standard InChI is InChI=1S/C20H31N3O5S/c1-15-5-7-17(8-6-15)29(26,27)22-16-10-13-23(14-11-16)18(24)9-12-21-19(25)28-20(2,3)4/h5-8,16,22H,9-14H2,1-4H3,(H,21,25). The summed E-state index contributed by atoms with van der Waals surface area (Å²) in [6, 6.07) is 6.51. The summed E-state index contributed by atoms with van der Waals surface area (Å²) in [5.41, 5.74) is 0.416. The topological polar surface area (TPSA) is 105 Å². The third-order valence-corrected chi connectivity index (χ3v) is 6.04. The third kappa shape index (κ3) is 7.66. The van der Waals surface area contributed by atoms with Gasteiger partial charge in [-0.25, -0.2) is 17.9 Å². The summed E-state index contributed by atoms with van der Waals surface area (Å²) < 4.78 is 32.8. The highest BCUT2D eigenvalue weighted by Gasteiger charge is 2.26. The van der Waals surface area contributed by atoms with Gasteiger partial charge in [-0.3, -0.25) is 4.79 Å². The van der Waals surface area contributed by atoms with Gasteiger partial charge >= 0.3 is 6.09 Å². The minimum atomic E-state index is -3.57. The lowest BCUT2D eigenvalue weighted by molar-refractivity contribution is -0.132. The zero-order valence-electron chi connectivity index (χ0n) is 17.5. The van der Waals surface area contributed by atoms with Crippen LogP contribution < -0.4 is 10.0 Å². The van der Waals surface area contributed by atoms with E-state index in [1.807, 2.05) is 6.92 Å². The van der Waals surface area contributed by atoms with Crippen LogP contribution in [-0.4, -0.2) is 56.6 Å². The lowest BCUT2D eigenvalue weighted by Crippen LogP contribution is -2.47. The van der Waals surface area contributed by atoms with E-state index in [0.717, 1.165) is 5.56 Å². The molecule has 9 heteroatoms. The number of carbonyl (C=O) groups is 2. The Labute approximate surface area is 173 Å². The van der Waals surface area contributed by atoms with Crippen molar-refractivity contribution in [3.63, 3.8) is 0 Å². The van der Waals surface area contributed by atoms with Crippen LogP contribution in [0.15, 0.2) is 29.2 Å². The molecule has 2 rings (SSSR count). The number of amides is 2. The van der Waals surface area contributed by atoms with Crippen molar-refractivity contribution >= 4 is 22.0 Å². The zero-order chi connectivity index (χ0) is 21.7. The number of rotatable bonds is 6.